The minimum Gasteiger partial charge on any atom is -0.489 e. The molecular weight excluding hydrogens is 381 g/mol. The van der Waals surface area contributed by atoms with E-state index < -0.39 is 0 Å². The summed E-state index contributed by atoms with van der Waals surface area (Å²) in [5, 5.41) is 3.93. The molecule has 0 aromatic heterocycles. The van der Waals surface area contributed by atoms with Crippen molar-refractivity contribution in [2.45, 2.75) is 20.1 Å². The average Bonchev–Trinajstić information content (AvgIpc) is 2.68. The fraction of sp³-hybridized carbons (Fsp3) is 0.136. The van der Waals surface area contributed by atoms with Crippen molar-refractivity contribution >= 4 is 29.1 Å². The van der Waals surface area contributed by atoms with Gasteiger partial charge < -0.3 is 10.1 Å². The molecule has 0 aliphatic carbocycles. The third-order valence-electron chi connectivity index (χ3n) is 4.14. The van der Waals surface area contributed by atoms with Crippen LogP contribution in [0.25, 0.3) is 0 Å². The van der Waals surface area contributed by atoms with E-state index in [0.717, 1.165) is 16.7 Å². The smallest absolute Gasteiger partial charge is 0.253 e. The van der Waals surface area contributed by atoms with Crippen LogP contribution in [0, 0.1) is 6.92 Å². The molecule has 3 rings (SSSR count). The van der Waals surface area contributed by atoms with E-state index in [1.165, 1.54) is 0 Å². The minimum absolute atomic E-state index is 0.238. The van der Waals surface area contributed by atoms with E-state index in [9.17, 15) is 4.79 Å². The third kappa shape index (κ3) is 5.03. The third-order valence-corrected chi connectivity index (χ3v) is 4.87. The summed E-state index contributed by atoms with van der Waals surface area (Å²) in [5.74, 6) is 0.441. The Kier molecular flexibility index (Phi) is 6.38. The Morgan fingerprint density at radius 2 is 1.78 bits per heavy atom. The summed E-state index contributed by atoms with van der Waals surface area (Å²) in [5.41, 5.74) is 3.17. The average molecular weight is 400 g/mol. The summed E-state index contributed by atoms with van der Waals surface area (Å²) in [7, 11) is 0. The van der Waals surface area contributed by atoms with E-state index in [1.807, 2.05) is 55.5 Å². The van der Waals surface area contributed by atoms with Gasteiger partial charge in [0.05, 0.1) is 10.6 Å². The van der Waals surface area contributed by atoms with Crippen molar-refractivity contribution in [1.82, 2.24) is 5.32 Å². The standard InChI is InChI=1S/C22H19Cl2NO2/c1-15-6-5-9-19(21(15)24)22(26)25-13-17-12-18(23)10-11-20(17)27-14-16-7-3-2-4-8-16/h2-12H,13-14H2,1H3,(H,25,26). The summed E-state index contributed by atoms with van der Waals surface area (Å²) in [6, 6.07) is 20.6. The Balaban J connectivity index is 1.71. The molecular formula is C22H19Cl2NO2. The molecule has 0 atom stereocenters. The Morgan fingerprint density at radius 3 is 2.56 bits per heavy atom. The molecule has 0 unspecified atom stereocenters. The number of carbonyl (C=O) groups excluding carboxylic acids is 1. The van der Waals surface area contributed by atoms with Crippen LogP contribution in [0.5, 0.6) is 5.75 Å². The number of hydrogen-bond donors (Lipinski definition) is 1. The summed E-state index contributed by atoms with van der Waals surface area (Å²) >= 11 is 12.4. The van der Waals surface area contributed by atoms with E-state index in [4.69, 9.17) is 27.9 Å². The van der Waals surface area contributed by atoms with E-state index >= 15 is 0 Å². The Labute approximate surface area is 168 Å². The quantitative estimate of drug-likeness (QED) is 0.567. The molecule has 3 aromatic carbocycles. The number of hydrogen-bond acceptors (Lipinski definition) is 2. The maximum absolute atomic E-state index is 12.5. The number of ether oxygens (including phenoxy) is 1. The highest BCUT2D eigenvalue weighted by molar-refractivity contribution is 6.34. The van der Waals surface area contributed by atoms with Gasteiger partial charge in [0.25, 0.3) is 5.91 Å². The molecule has 3 nitrogen and oxygen atoms in total. The van der Waals surface area contributed by atoms with Crippen LogP contribution in [0.1, 0.15) is 27.0 Å². The van der Waals surface area contributed by atoms with Crippen molar-refractivity contribution in [3.05, 3.63) is 99.0 Å². The van der Waals surface area contributed by atoms with Gasteiger partial charge in [-0.25, -0.2) is 0 Å². The highest BCUT2D eigenvalue weighted by atomic mass is 35.5. The molecule has 138 valence electrons. The van der Waals surface area contributed by atoms with Gasteiger partial charge in [-0.15, -0.1) is 0 Å². The fourth-order valence-corrected chi connectivity index (χ4v) is 3.06. The number of benzene rings is 3. The molecule has 0 radical (unpaired) electrons. The molecule has 0 spiro atoms. The number of amides is 1. The second-order valence-electron chi connectivity index (χ2n) is 6.15. The number of halogens is 2. The topological polar surface area (TPSA) is 38.3 Å². The van der Waals surface area contributed by atoms with Crippen molar-refractivity contribution in [1.29, 1.82) is 0 Å². The summed E-state index contributed by atoms with van der Waals surface area (Å²) < 4.78 is 5.92. The summed E-state index contributed by atoms with van der Waals surface area (Å²) in [4.78, 5) is 12.5. The molecule has 1 N–H and O–H groups in total. The number of carbonyl (C=O) groups is 1. The molecule has 0 aliphatic heterocycles. The van der Waals surface area contributed by atoms with E-state index in [1.54, 1.807) is 18.2 Å². The zero-order valence-electron chi connectivity index (χ0n) is 14.8. The van der Waals surface area contributed by atoms with Gasteiger partial charge in [-0.1, -0.05) is 65.7 Å². The van der Waals surface area contributed by atoms with Gasteiger partial charge in [0.2, 0.25) is 0 Å². The van der Waals surface area contributed by atoms with Crippen LogP contribution in [-0.2, 0) is 13.2 Å². The molecule has 27 heavy (non-hydrogen) atoms. The van der Waals surface area contributed by atoms with Gasteiger partial charge in [0.15, 0.2) is 0 Å². The molecule has 0 bridgehead atoms. The zero-order chi connectivity index (χ0) is 19.2. The first kappa shape index (κ1) is 19.3. The van der Waals surface area contributed by atoms with Crippen molar-refractivity contribution in [3.8, 4) is 5.75 Å². The first-order valence-electron chi connectivity index (χ1n) is 8.53. The van der Waals surface area contributed by atoms with Crippen LogP contribution >= 0.6 is 23.2 Å². The van der Waals surface area contributed by atoms with E-state index in [-0.39, 0.29) is 12.5 Å². The highest BCUT2D eigenvalue weighted by Gasteiger charge is 2.13. The van der Waals surface area contributed by atoms with Crippen molar-refractivity contribution in [2.75, 3.05) is 0 Å². The van der Waals surface area contributed by atoms with Gasteiger partial charge in [0, 0.05) is 17.1 Å². The lowest BCUT2D eigenvalue weighted by atomic mass is 10.1. The van der Waals surface area contributed by atoms with Gasteiger partial charge in [-0.3, -0.25) is 4.79 Å². The first-order valence-corrected chi connectivity index (χ1v) is 9.28. The SMILES string of the molecule is Cc1cccc(C(=O)NCc2cc(Cl)ccc2OCc2ccccc2)c1Cl. The van der Waals surface area contributed by atoms with E-state index in [0.29, 0.717) is 28.0 Å². The lowest BCUT2D eigenvalue weighted by Crippen LogP contribution is -2.23. The molecule has 0 heterocycles. The normalized spacial score (nSPS) is 10.5. The number of nitrogens with one attached hydrogen (secondary N) is 1. The van der Waals surface area contributed by atoms with Gasteiger partial charge in [-0.05, 0) is 42.3 Å². The van der Waals surface area contributed by atoms with Crippen LogP contribution in [0.15, 0.2) is 66.7 Å². The van der Waals surface area contributed by atoms with Crippen molar-refractivity contribution < 1.29 is 9.53 Å². The van der Waals surface area contributed by atoms with Crippen molar-refractivity contribution in [2.24, 2.45) is 0 Å². The Bertz CT molecular complexity index is 942. The van der Waals surface area contributed by atoms with Crippen LogP contribution in [0.2, 0.25) is 10.0 Å². The minimum atomic E-state index is -0.238. The summed E-state index contributed by atoms with van der Waals surface area (Å²) in [6.07, 6.45) is 0. The second kappa shape index (κ2) is 8.94. The monoisotopic (exact) mass is 399 g/mol. The predicted molar refractivity (Wildman–Crippen MR) is 110 cm³/mol. The molecule has 0 fully saturated rings. The first-order chi connectivity index (χ1) is 13.0. The van der Waals surface area contributed by atoms with Crippen LogP contribution in [0.3, 0.4) is 0 Å². The molecule has 0 aliphatic rings. The maximum Gasteiger partial charge on any atom is 0.253 e. The molecule has 0 saturated carbocycles. The number of aryl methyl sites for hydroxylation is 1. The molecule has 1 amide bonds. The Morgan fingerprint density at radius 1 is 1.00 bits per heavy atom. The fourth-order valence-electron chi connectivity index (χ4n) is 2.66. The lowest BCUT2D eigenvalue weighted by Gasteiger charge is -2.14. The zero-order valence-corrected chi connectivity index (χ0v) is 16.3. The predicted octanol–water partition coefficient (Wildman–Crippen LogP) is 5.81. The highest BCUT2D eigenvalue weighted by Crippen LogP contribution is 2.25. The second-order valence-corrected chi connectivity index (χ2v) is 6.96. The van der Waals surface area contributed by atoms with Gasteiger partial charge in [-0.2, -0.15) is 0 Å². The molecule has 3 aromatic rings. The van der Waals surface area contributed by atoms with Gasteiger partial charge in [0.1, 0.15) is 12.4 Å². The largest absolute Gasteiger partial charge is 0.489 e. The maximum atomic E-state index is 12.5. The molecule has 5 heteroatoms. The van der Waals surface area contributed by atoms with Crippen LogP contribution in [-0.4, -0.2) is 5.91 Å². The molecule has 0 saturated heterocycles. The van der Waals surface area contributed by atoms with E-state index in [2.05, 4.69) is 5.32 Å². The van der Waals surface area contributed by atoms with Crippen LogP contribution in [0.4, 0.5) is 0 Å². The van der Waals surface area contributed by atoms with Gasteiger partial charge >= 0.3 is 0 Å². The van der Waals surface area contributed by atoms with Crippen molar-refractivity contribution in [3.63, 3.8) is 0 Å². The Hall–Kier alpha value is -2.49. The number of rotatable bonds is 6. The summed E-state index contributed by atoms with van der Waals surface area (Å²) in [6.45, 7) is 2.59. The lowest BCUT2D eigenvalue weighted by molar-refractivity contribution is 0.0950. The van der Waals surface area contributed by atoms with Crippen LogP contribution < -0.4 is 10.1 Å².